The fourth-order valence-electron chi connectivity index (χ4n) is 2.03. The Morgan fingerprint density at radius 1 is 1.64 bits per heavy atom. The van der Waals surface area contributed by atoms with Gasteiger partial charge in [-0.3, -0.25) is 4.57 Å². The molecule has 0 bridgehead atoms. The molecule has 22 heavy (non-hydrogen) atoms. The number of rotatable bonds is 3. The largest absolute Gasteiger partial charge is 0.394 e. The summed E-state index contributed by atoms with van der Waals surface area (Å²) in [6.07, 6.45) is -6.65. The number of aliphatic hydroxyl groups is 2. The van der Waals surface area contributed by atoms with Gasteiger partial charge in [-0.2, -0.15) is 13.8 Å². The van der Waals surface area contributed by atoms with E-state index in [1.165, 1.54) is 5.73 Å². The first kappa shape index (κ1) is 16.2. The molecule has 0 amide bonds. The van der Waals surface area contributed by atoms with E-state index in [4.69, 9.17) is 15.6 Å². The quantitative estimate of drug-likeness (QED) is 0.618. The normalized spacial score (nSPS) is 30.9. The van der Waals surface area contributed by atoms with Gasteiger partial charge in [0.2, 0.25) is 11.6 Å². The summed E-state index contributed by atoms with van der Waals surface area (Å²) in [6.45, 7) is -0.802. The average Bonchev–Trinajstić information content (AvgIpc) is 2.70. The SMILES string of the molecule is Nc1ncn([C@@H]2O[C@H](CO)[C@@H](O)[C@]2(F)C=C=C(F)F)c(=O)n1. The zero-order valence-corrected chi connectivity index (χ0v) is 10.9. The van der Waals surface area contributed by atoms with Crippen molar-refractivity contribution in [1.82, 2.24) is 14.5 Å². The van der Waals surface area contributed by atoms with Gasteiger partial charge in [-0.05, 0) is 0 Å². The molecule has 2 rings (SSSR count). The number of ether oxygens (including phenoxy) is 1. The molecule has 120 valence electrons. The number of hydrogen-bond acceptors (Lipinski definition) is 7. The van der Waals surface area contributed by atoms with Gasteiger partial charge in [0.05, 0.1) is 6.61 Å². The summed E-state index contributed by atoms with van der Waals surface area (Å²) in [6, 6.07) is 0. The van der Waals surface area contributed by atoms with Gasteiger partial charge in [0.25, 0.3) is 0 Å². The number of aliphatic hydroxyl groups excluding tert-OH is 2. The second-order valence-corrected chi connectivity index (χ2v) is 4.44. The molecule has 0 aliphatic carbocycles. The van der Waals surface area contributed by atoms with Gasteiger partial charge in [0.1, 0.15) is 18.5 Å². The van der Waals surface area contributed by atoms with E-state index >= 15 is 0 Å². The predicted molar refractivity (Wildman–Crippen MR) is 65.4 cm³/mol. The van der Waals surface area contributed by atoms with Crippen LogP contribution in [-0.4, -0.2) is 49.2 Å². The van der Waals surface area contributed by atoms with E-state index in [9.17, 15) is 23.1 Å². The maximum atomic E-state index is 14.9. The van der Waals surface area contributed by atoms with Crippen molar-refractivity contribution in [2.24, 2.45) is 0 Å². The molecule has 2 heterocycles. The van der Waals surface area contributed by atoms with Crippen molar-refractivity contribution >= 4 is 5.95 Å². The van der Waals surface area contributed by atoms with Crippen molar-refractivity contribution < 1.29 is 28.1 Å². The summed E-state index contributed by atoms with van der Waals surface area (Å²) in [4.78, 5) is 18.4. The third-order valence-electron chi connectivity index (χ3n) is 3.07. The Morgan fingerprint density at radius 3 is 2.86 bits per heavy atom. The highest BCUT2D eigenvalue weighted by Gasteiger charge is 2.57. The van der Waals surface area contributed by atoms with Gasteiger partial charge in [-0.15, -0.1) is 0 Å². The molecule has 0 aromatic carbocycles. The molecular weight excluding hydrogens is 309 g/mol. The van der Waals surface area contributed by atoms with E-state index in [0.717, 1.165) is 6.33 Å². The van der Waals surface area contributed by atoms with Crippen LogP contribution in [0.2, 0.25) is 0 Å². The van der Waals surface area contributed by atoms with E-state index in [1.807, 2.05) is 0 Å². The number of aromatic nitrogens is 3. The average molecular weight is 320 g/mol. The molecule has 0 radical (unpaired) electrons. The minimum atomic E-state index is -2.96. The lowest BCUT2D eigenvalue weighted by Gasteiger charge is -2.24. The van der Waals surface area contributed by atoms with Crippen molar-refractivity contribution in [2.45, 2.75) is 24.1 Å². The Kier molecular flexibility index (Phi) is 4.33. The Bertz CT molecular complexity index is 686. The third-order valence-corrected chi connectivity index (χ3v) is 3.07. The number of nitrogens with zero attached hydrogens (tertiary/aromatic N) is 3. The summed E-state index contributed by atoms with van der Waals surface area (Å²) < 4.78 is 44.8. The molecule has 0 spiro atoms. The fraction of sp³-hybridized carbons (Fsp3) is 0.455. The van der Waals surface area contributed by atoms with Crippen molar-refractivity contribution in [2.75, 3.05) is 12.3 Å². The standard InChI is InChI=1S/C11H11F3N4O4/c12-6(13)1-2-11(14)7(20)5(3-19)22-8(11)18-4-16-9(15)17-10(18)21/h2,4-5,7-8,19-20H,3H2,(H2,15,17,21)/t5-,7-,8-,11-/m1/s1. The molecule has 0 saturated carbocycles. The maximum Gasteiger partial charge on any atom is 0.354 e. The number of nitrogens with two attached hydrogens (primary N) is 1. The topological polar surface area (TPSA) is 123 Å². The van der Waals surface area contributed by atoms with E-state index in [1.54, 1.807) is 0 Å². The smallest absolute Gasteiger partial charge is 0.354 e. The van der Waals surface area contributed by atoms with Crippen molar-refractivity contribution in [3.05, 3.63) is 34.7 Å². The molecule has 1 fully saturated rings. The summed E-state index contributed by atoms with van der Waals surface area (Å²) >= 11 is 0. The Labute approximate surface area is 121 Å². The second kappa shape index (κ2) is 5.89. The number of hydrogen-bond donors (Lipinski definition) is 3. The van der Waals surface area contributed by atoms with Crippen LogP contribution in [0.1, 0.15) is 6.23 Å². The monoisotopic (exact) mass is 320 g/mol. The van der Waals surface area contributed by atoms with Crippen molar-refractivity contribution in [3.8, 4) is 0 Å². The summed E-state index contributed by atoms with van der Waals surface area (Å²) in [7, 11) is 0. The Morgan fingerprint density at radius 2 is 2.32 bits per heavy atom. The van der Waals surface area contributed by atoms with Gasteiger partial charge in [0, 0.05) is 6.08 Å². The van der Waals surface area contributed by atoms with Crippen LogP contribution < -0.4 is 11.4 Å². The molecule has 1 aromatic rings. The molecule has 11 heteroatoms. The third kappa shape index (κ3) is 2.74. The fourth-order valence-corrected chi connectivity index (χ4v) is 2.03. The molecule has 1 aliphatic rings. The first-order valence-electron chi connectivity index (χ1n) is 5.92. The molecule has 4 atom stereocenters. The highest BCUT2D eigenvalue weighted by Crippen LogP contribution is 2.41. The maximum absolute atomic E-state index is 14.9. The number of anilines is 1. The van der Waals surface area contributed by atoms with Crippen LogP contribution in [-0.2, 0) is 4.74 Å². The van der Waals surface area contributed by atoms with Crippen molar-refractivity contribution in [1.29, 1.82) is 0 Å². The number of alkyl halides is 1. The second-order valence-electron chi connectivity index (χ2n) is 4.44. The molecule has 0 unspecified atom stereocenters. The van der Waals surface area contributed by atoms with Gasteiger partial charge in [-0.1, -0.05) is 5.73 Å². The summed E-state index contributed by atoms with van der Waals surface area (Å²) in [5.41, 5.74) is 2.48. The van der Waals surface area contributed by atoms with Crippen LogP contribution in [0.15, 0.2) is 29.0 Å². The first-order chi connectivity index (χ1) is 10.3. The zero-order chi connectivity index (χ0) is 16.5. The van der Waals surface area contributed by atoms with Gasteiger partial charge < -0.3 is 20.7 Å². The van der Waals surface area contributed by atoms with Crippen LogP contribution in [0.5, 0.6) is 0 Å². The van der Waals surface area contributed by atoms with Crippen LogP contribution in [0.3, 0.4) is 0 Å². The van der Waals surface area contributed by atoms with E-state index in [-0.39, 0.29) is 12.0 Å². The van der Waals surface area contributed by atoms with E-state index < -0.39 is 42.5 Å². The Hall–Kier alpha value is -2.20. The minimum Gasteiger partial charge on any atom is -0.394 e. The molecule has 4 N–H and O–H groups in total. The highest BCUT2D eigenvalue weighted by molar-refractivity contribution is 5.16. The van der Waals surface area contributed by atoms with Crippen LogP contribution in [0, 0.1) is 0 Å². The number of halogens is 3. The summed E-state index contributed by atoms with van der Waals surface area (Å²) in [5.74, 6) is -0.381. The highest BCUT2D eigenvalue weighted by atomic mass is 19.3. The lowest BCUT2D eigenvalue weighted by Crippen LogP contribution is -2.44. The lowest BCUT2D eigenvalue weighted by molar-refractivity contribution is -0.0560. The molecule has 1 saturated heterocycles. The van der Waals surface area contributed by atoms with E-state index in [2.05, 4.69) is 9.97 Å². The molecule has 1 aromatic heterocycles. The van der Waals surface area contributed by atoms with Gasteiger partial charge in [0.15, 0.2) is 6.23 Å². The predicted octanol–water partition coefficient (Wildman–Crippen LogP) is -0.885. The van der Waals surface area contributed by atoms with Gasteiger partial charge in [-0.25, -0.2) is 14.2 Å². The van der Waals surface area contributed by atoms with Crippen molar-refractivity contribution in [3.63, 3.8) is 0 Å². The van der Waals surface area contributed by atoms with Crippen LogP contribution in [0.25, 0.3) is 0 Å². The van der Waals surface area contributed by atoms with Crippen LogP contribution in [0.4, 0.5) is 19.1 Å². The van der Waals surface area contributed by atoms with Crippen LogP contribution >= 0.6 is 0 Å². The lowest BCUT2D eigenvalue weighted by atomic mass is 9.96. The first-order valence-corrected chi connectivity index (χ1v) is 5.92. The minimum absolute atomic E-state index is 0.232. The molecule has 1 aliphatic heterocycles. The summed E-state index contributed by atoms with van der Waals surface area (Å²) in [5, 5.41) is 18.9. The van der Waals surface area contributed by atoms with Gasteiger partial charge >= 0.3 is 11.8 Å². The Balaban J connectivity index is 2.56. The molecule has 8 nitrogen and oxygen atoms in total. The zero-order valence-electron chi connectivity index (χ0n) is 10.9. The molecular formula is C11H11F3N4O4. The number of nitrogen functional groups attached to an aromatic ring is 1. The van der Waals surface area contributed by atoms with E-state index in [0.29, 0.717) is 4.57 Å².